The summed E-state index contributed by atoms with van der Waals surface area (Å²) in [6.45, 7) is 4.18. The fourth-order valence-corrected chi connectivity index (χ4v) is 2.92. The molecule has 8 heteroatoms. The number of para-hydroxylation sites is 1. The van der Waals surface area contributed by atoms with Crippen LogP contribution in [0.1, 0.15) is 19.8 Å². The minimum absolute atomic E-state index is 0.130. The van der Waals surface area contributed by atoms with Crippen molar-refractivity contribution in [1.29, 1.82) is 0 Å². The third kappa shape index (κ3) is 8.74. The van der Waals surface area contributed by atoms with E-state index in [0.717, 1.165) is 18.7 Å². The first kappa shape index (κ1) is 21.2. The summed E-state index contributed by atoms with van der Waals surface area (Å²) >= 11 is 0. The highest BCUT2D eigenvalue weighted by molar-refractivity contribution is 7.89. The van der Waals surface area contributed by atoms with Crippen LogP contribution in [0.25, 0.3) is 0 Å². The van der Waals surface area contributed by atoms with Gasteiger partial charge in [-0.3, -0.25) is 4.99 Å². The number of hydrogen-bond acceptors (Lipinski definition) is 4. The van der Waals surface area contributed by atoms with Gasteiger partial charge in [-0.05, 0) is 31.9 Å². The number of rotatable bonds is 11. The van der Waals surface area contributed by atoms with Gasteiger partial charge < -0.3 is 15.4 Å². The number of nitrogens with zero attached hydrogens (tertiary/aromatic N) is 2. The highest BCUT2D eigenvalue weighted by Gasteiger charge is 2.13. The molecule has 0 radical (unpaired) electrons. The van der Waals surface area contributed by atoms with E-state index in [1.165, 1.54) is 4.31 Å². The summed E-state index contributed by atoms with van der Waals surface area (Å²) in [6, 6.07) is 9.72. The largest absolute Gasteiger partial charge is 0.494 e. The van der Waals surface area contributed by atoms with Gasteiger partial charge in [0.2, 0.25) is 10.0 Å². The number of aliphatic imine (C=N–C) groups is 1. The Morgan fingerprint density at radius 1 is 1.16 bits per heavy atom. The zero-order valence-electron chi connectivity index (χ0n) is 15.4. The second-order valence-electron chi connectivity index (χ2n) is 5.52. The maximum atomic E-state index is 11.6. The van der Waals surface area contributed by atoms with Crippen LogP contribution in [0.5, 0.6) is 5.75 Å². The van der Waals surface area contributed by atoms with Crippen molar-refractivity contribution in [2.45, 2.75) is 19.8 Å². The standard InChI is InChI=1S/C17H30N4O3S/c1-4-25(22,23)21(3)14-8-12-19-17(18-2)20-13-9-15-24-16-10-6-5-7-11-16/h5-7,10-11H,4,8-9,12-15H2,1-3H3,(H2,18,19,20). The molecule has 0 atom stereocenters. The van der Waals surface area contributed by atoms with E-state index in [2.05, 4.69) is 15.6 Å². The topological polar surface area (TPSA) is 83.0 Å². The summed E-state index contributed by atoms with van der Waals surface area (Å²) in [5.74, 6) is 1.71. The average Bonchev–Trinajstić information content (AvgIpc) is 2.63. The Hall–Kier alpha value is -1.80. The molecule has 0 amide bonds. The van der Waals surface area contributed by atoms with Gasteiger partial charge in [0.25, 0.3) is 0 Å². The maximum absolute atomic E-state index is 11.6. The highest BCUT2D eigenvalue weighted by atomic mass is 32.2. The molecular weight excluding hydrogens is 340 g/mol. The maximum Gasteiger partial charge on any atom is 0.213 e. The van der Waals surface area contributed by atoms with Crippen LogP contribution in [0.3, 0.4) is 0 Å². The molecule has 142 valence electrons. The first-order valence-corrected chi connectivity index (χ1v) is 10.2. The molecule has 0 unspecified atom stereocenters. The van der Waals surface area contributed by atoms with Crippen LogP contribution in [0.4, 0.5) is 0 Å². The number of nitrogens with one attached hydrogen (secondary N) is 2. The number of ether oxygens (including phenoxy) is 1. The summed E-state index contributed by atoms with van der Waals surface area (Å²) in [4.78, 5) is 4.15. The number of sulfonamides is 1. The molecule has 0 bridgehead atoms. The van der Waals surface area contributed by atoms with Crippen molar-refractivity contribution in [2.75, 3.05) is 46.1 Å². The summed E-state index contributed by atoms with van der Waals surface area (Å²) in [6.07, 6.45) is 1.57. The second kappa shape index (κ2) is 11.7. The lowest BCUT2D eigenvalue weighted by Gasteiger charge is -2.17. The summed E-state index contributed by atoms with van der Waals surface area (Å²) in [7, 11) is 0.219. The van der Waals surface area contributed by atoms with E-state index in [1.54, 1.807) is 21.0 Å². The molecule has 0 saturated heterocycles. The van der Waals surface area contributed by atoms with Crippen LogP contribution in [0.15, 0.2) is 35.3 Å². The lowest BCUT2D eigenvalue weighted by atomic mass is 10.3. The molecule has 0 aromatic heterocycles. The summed E-state index contributed by atoms with van der Waals surface area (Å²) in [5.41, 5.74) is 0. The molecule has 1 aromatic rings. The van der Waals surface area contributed by atoms with Crippen molar-refractivity contribution >= 4 is 16.0 Å². The third-order valence-corrected chi connectivity index (χ3v) is 5.49. The van der Waals surface area contributed by atoms with Crippen LogP contribution in [0.2, 0.25) is 0 Å². The van der Waals surface area contributed by atoms with Crippen molar-refractivity contribution in [3.63, 3.8) is 0 Å². The molecule has 1 aromatic carbocycles. The molecule has 0 aliphatic rings. The molecule has 0 aliphatic carbocycles. The SMILES string of the molecule is CCS(=O)(=O)N(C)CCCNC(=NC)NCCCOc1ccccc1. The van der Waals surface area contributed by atoms with E-state index in [1.807, 2.05) is 30.3 Å². The fourth-order valence-electron chi connectivity index (χ4n) is 2.07. The Morgan fingerprint density at radius 3 is 2.40 bits per heavy atom. The van der Waals surface area contributed by atoms with Crippen molar-refractivity contribution in [1.82, 2.24) is 14.9 Å². The van der Waals surface area contributed by atoms with Gasteiger partial charge in [0, 0.05) is 33.7 Å². The highest BCUT2D eigenvalue weighted by Crippen LogP contribution is 2.07. The molecule has 0 spiro atoms. The monoisotopic (exact) mass is 370 g/mol. The quantitative estimate of drug-likeness (QED) is 0.348. The van der Waals surface area contributed by atoms with E-state index in [0.29, 0.717) is 32.1 Å². The molecule has 1 rings (SSSR count). The summed E-state index contributed by atoms with van der Waals surface area (Å²) < 4.78 is 30.3. The minimum Gasteiger partial charge on any atom is -0.494 e. The van der Waals surface area contributed by atoms with Crippen molar-refractivity contribution < 1.29 is 13.2 Å². The Kier molecular flexibility index (Phi) is 9.94. The first-order chi connectivity index (χ1) is 12.0. The normalized spacial score (nSPS) is 12.2. The van der Waals surface area contributed by atoms with E-state index in [4.69, 9.17) is 4.74 Å². The minimum atomic E-state index is -3.10. The Balaban J connectivity index is 2.12. The third-order valence-electron chi connectivity index (χ3n) is 3.63. The van der Waals surface area contributed by atoms with Gasteiger partial charge in [0.1, 0.15) is 5.75 Å². The van der Waals surface area contributed by atoms with Crippen LogP contribution >= 0.6 is 0 Å². The second-order valence-corrected chi connectivity index (χ2v) is 7.88. The zero-order chi connectivity index (χ0) is 18.5. The number of benzene rings is 1. The molecule has 0 heterocycles. The van der Waals surface area contributed by atoms with Gasteiger partial charge in [-0.25, -0.2) is 12.7 Å². The average molecular weight is 371 g/mol. The van der Waals surface area contributed by atoms with Gasteiger partial charge in [-0.2, -0.15) is 0 Å². The number of hydrogen-bond donors (Lipinski definition) is 2. The lowest BCUT2D eigenvalue weighted by molar-refractivity contribution is 0.311. The van der Waals surface area contributed by atoms with Gasteiger partial charge in [-0.15, -0.1) is 0 Å². The Bertz CT molecular complexity index is 606. The van der Waals surface area contributed by atoms with E-state index >= 15 is 0 Å². The lowest BCUT2D eigenvalue weighted by Crippen LogP contribution is -2.39. The molecule has 0 aliphatic heterocycles. The molecule has 7 nitrogen and oxygen atoms in total. The van der Waals surface area contributed by atoms with E-state index in [9.17, 15) is 8.42 Å². The predicted molar refractivity (Wildman–Crippen MR) is 103 cm³/mol. The van der Waals surface area contributed by atoms with Gasteiger partial charge in [0.15, 0.2) is 5.96 Å². The van der Waals surface area contributed by atoms with Crippen LogP contribution in [-0.2, 0) is 10.0 Å². The predicted octanol–water partition coefficient (Wildman–Crippen LogP) is 1.29. The van der Waals surface area contributed by atoms with E-state index < -0.39 is 10.0 Å². The zero-order valence-corrected chi connectivity index (χ0v) is 16.2. The van der Waals surface area contributed by atoms with Gasteiger partial charge in [0.05, 0.1) is 12.4 Å². The number of guanidine groups is 1. The van der Waals surface area contributed by atoms with Gasteiger partial charge in [-0.1, -0.05) is 18.2 Å². The Morgan fingerprint density at radius 2 is 1.80 bits per heavy atom. The molecule has 25 heavy (non-hydrogen) atoms. The molecule has 2 N–H and O–H groups in total. The summed E-state index contributed by atoms with van der Waals surface area (Å²) in [5, 5.41) is 6.39. The molecule has 0 saturated carbocycles. The van der Waals surface area contributed by atoms with Crippen molar-refractivity contribution in [3.05, 3.63) is 30.3 Å². The molecular formula is C17H30N4O3S. The fraction of sp³-hybridized carbons (Fsp3) is 0.588. The van der Waals surface area contributed by atoms with Crippen LogP contribution < -0.4 is 15.4 Å². The van der Waals surface area contributed by atoms with Crippen molar-refractivity contribution in [3.8, 4) is 5.75 Å². The van der Waals surface area contributed by atoms with Crippen LogP contribution in [0, 0.1) is 0 Å². The van der Waals surface area contributed by atoms with Crippen LogP contribution in [-0.4, -0.2) is 64.8 Å². The Labute approximate surface area is 151 Å². The first-order valence-electron chi connectivity index (χ1n) is 8.56. The molecule has 0 fully saturated rings. The van der Waals surface area contributed by atoms with Crippen molar-refractivity contribution in [2.24, 2.45) is 4.99 Å². The van der Waals surface area contributed by atoms with E-state index in [-0.39, 0.29) is 5.75 Å². The van der Waals surface area contributed by atoms with Gasteiger partial charge >= 0.3 is 0 Å². The smallest absolute Gasteiger partial charge is 0.213 e.